The number of anilines is 1. The molecule has 1 N–H and O–H groups in total. The summed E-state index contributed by atoms with van der Waals surface area (Å²) in [4.78, 5) is 28.8. The molecule has 2 atom stereocenters. The van der Waals surface area contributed by atoms with E-state index in [9.17, 15) is 18.0 Å². The molecule has 0 aliphatic rings. The van der Waals surface area contributed by atoms with Crippen molar-refractivity contribution in [2.75, 3.05) is 32.2 Å². The Morgan fingerprint density at radius 3 is 2.16 bits per heavy atom. The van der Waals surface area contributed by atoms with Crippen molar-refractivity contribution < 1.29 is 32.2 Å². The highest BCUT2D eigenvalue weighted by atomic mass is 32.2. The first-order valence-electron chi connectivity index (χ1n) is 14.0. The number of nitrogens with one attached hydrogen (secondary N) is 1. The lowest BCUT2D eigenvalue weighted by Gasteiger charge is -2.32. The highest BCUT2D eigenvalue weighted by Gasteiger charge is 2.33. The Balaban J connectivity index is 2.09. The van der Waals surface area contributed by atoms with Gasteiger partial charge in [-0.05, 0) is 69.2 Å². The van der Waals surface area contributed by atoms with Crippen LogP contribution in [-0.4, -0.2) is 65.1 Å². The second-order valence-corrected chi connectivity index (χ2v) is 12.1. The third-order valence-electron chi connectivity index (χ3n) is 7.20. The maximum atomic E-state index is 14.1. The van der Waals surface area contributed by atoms with E-state index < -0.39 is 28.5 Å². The van der Waals surface area contributed by atoms with Crippen LogP contribution in [0, 0.1) is 6.92 Å². The number of hydrogen-bond donors (Lipinski definition) is 1. The van der Waals surface area contributed by atoms with Crippen molar-refractivity contribution in [3.05, 3.63) is 77.9 Å². The number of benzene rings is 3. The molecule has 2 amide bonds. The molecule has 0 radical (unpaired) electrons. The lowest BCUT2D eigenvalue weighted by atomic mass is 10.1. The molecular weight excluding hydrogens is 570 g/mol. The molecular formula is C32H41N3O7S. The van der Waals surface area contributed by atoms with E-state index in [1.165, 1.54) is 37.3 Å². The summed E-state index contributed by atoms with van der Waals surface area (Å²) in [5, 5.41) is 2.93. The lowest BCUT2D eigenvalue weighted by molar-refractivity contribution is -0.139. The van der Waals surface area contributed by atoms with Gasteiger partial charge in [0.25, 0.3) is 10.0 Å². The normalized spacial score (nSPS) is 12.5. The van der Waals surface area contributed by atoms with Gasteiger partial charge < -0.3 is 24.4 Å². The van der Waals surface area contributed by atoms with E-state index in [4.69, 9.17) is 14.2 Å². The van der Waals surface area contributed by atoms with Crippen LogP contribution in [0.15, 0.2) is 71.6 Å². The summed E-state index contributed by atoms with van der Waals surface area (Å²) < 4.78 is 45.3. The molecule has 0 saturated carbocycles. The molecule has 0 aliphatic carbocycles. The van der Waals surface area contributed by atoms with E-state index in [1.807, 2.05) is 26.8 Å². The van der Waals surface area contributed by atoms with Crippen molar-refractivity contribution in [1.82, 2.24) is 10.2 Å². The molecule has 232 valence electrons. The molecule has 10 nitrogen and oxygen atoms in total. The van der Waals surface area contributed by atoms with Gasteiger partial charge in [-0.1, -0.05) is 36.8 Å². The van der Waals surface area contributed by atoms with Gasteiger partial charge in [-0.15, -0.1) is 0 Å². The zero-order valence-corrected chi connectivity index (χ0v) is 26.6. The predicted molar refractivity (Wildman–Crippen MR) is 166 cm³/mol. The molecule has 0 spiro atoms. The average molecular weight is 612 g/mol. The van der Waals surface area contributed by atoms with Crippen LogP contribution in [0.3, 0.4) is 0 Å². The van der Waals surface area contributed by atoms with E-state index in [2.05, 4.69) is 5.32 Å². The smallest absolute Gasteiger partial charge is 0.264 e. The monoisotopic (exact) mass is 611 g/mol. The van der Waals surface area contributed by atoms with E-state index in [-0.39, 0.29) is 29.1 Å². The molecule has 0 aromatic heterocycles. The number of nitrogens with zero attached hydrogens (tertiary/aromatic N) is 2. The number of methoxy groups -OCH3 is 3. The summed E-state index contributed by atoms with van der Waals surface area (Å²) in [7, 11) is 0.235. The van der Waals surface area contributed by atoms with Gasteiger partial charge in [0.2, 0.25) is 11.8 Å². The number of aryl methyl sites for hydroxylation is 1. The first-order valence-corrected chi connectivity index (χ1v) is 15.4. The van der Waals surface area contributed by atoms with E-state index in [0.717, 1.165) is 15.4 Å². The van der Waals surface area contributed by atoms with Crippen LogP contribution >= 0.6 is 0 Å². The van der Waals surface area contributed by atoms with Crippen molar-refractivity contribution >= 4 is 27.5 Å². The highest BCUT2D eigenvalue weighted by molar-refractivity contribution is 7.92. The van der Waals surface area contributed by atoms with Crippen molar-refractivity contribution in [3.8, 4) is 17.2 Å². The SMILES string of the molecule is CC[C@@H](C)NC(=O)[C@H](C)N(Cc1cccc(OC)c1)C(=O)CN(c1ccc(OC)c(OC)c1)S(=O)(=O)c1ccc(C)cc1. The standard InChI is InChI=1S/C32H41N3O7S/c1-8-23(3)33-32(37)24(4)34(20-25-10-9-11-27(18-25)40-5)31(36)21-35(26-14-17-29(41-6)30(19-26)42-7)43(38,39)28-15-12-22(2)13-16-28/h9-19,23-24H,8,20-21H2,1-7H3,(H,33,37)/t23-,24+/m1/s1. The lowest BCUT2D eigenvalue weighted by Crippen LogP contribution is -2.52. The topological polar surface area (TPSA) is 114 Å². The molecule has 11 heteroatoms. The number of sulfonamides is 1. The predicted octanol–water partition coefficient (Wildman–Crippen LogP) is 4.55. The summed E-state index contributed by atoms with van der Waals surface area (Å²) in [5.41, 5.74) is 1.80. The van der Waals surface area contributed by atoms with Crippen LogP contribution in [0.2, 0.25) is 0 Å². The van der Waals surface area contributed by atoms with Gasteiger partial charge in [-0.2, -0.15) is 0 Å². The minimum Gasteiger partial charge on any atom is -0.497 e. The quantitative estimate of drug-likeness (QED) is 0.285. The number of ether oxygens (including phenoxy) is 3. The fourth-order valence-electron chi connectivity index (χ4n) is 4.36. The van der Waals surface area contributed by atoms with Gasteiger partial charge in [0, 0.05) is 18.7 Å². The Labute approximate surface area is 254 Å². The summed E-state index contributed by atoms with van der Waals surface area (Å²) in [6, 6.07) is 17.2. The number of hydrogen-bond acceptors (Lipinski definition) is 7. The minimum absolute atomic E-state index is 0.0163. The maximum absolute atomic E-state index is 14.1. The van der Waals surface area contributed by atoms with Crippen molar-refractivity contribution in [1.29, 1.82) is 0 Å². The fourth-order valence-corrected chi connectivity index (χ4v) is 5.77. The summed E-state index contributed by atoms with van der Waals surface area (Å²) in [6.45, 7) is 6.79. The largest absolute Gasteiger partial charge is 0.497 e. The molecule has 0 fully saturated rings. The zero-order valence-electron chi connectivity index (χ0n) is 25.8. The van der Waals surface area contributed by atoms with E-state index >= 15 is 0 Å². The molecule has 0 aliphatic heterocycles. The third-order valence-corrected chi connectivity index (χ3v) is 8.99. The zero-order chi connectivity index (χ0) is 31.7. The average Bonchev–Trinajstić information content (AvgIpc) is 3.01. The Morgan fingerprint density at radius 2 is 1.56 bits per heavy atom. The Kier molecular flexibility index (Phi) is 11.4. The van der Waals surface area contributed by atoms with Gasteiger partial charge in [-0.3, -0.25) is 13.9 Å². The first kappa shape index (κ1) is 33.3. The van der Waals surface area contributed by atoms with Crippen molar-refractivity contribution in [2.45, 2.75) is 57.6 Å². The van der Waals surface area contributed by atoms with Crippen molar-refractivity contribution in [3.63, 3.8) is 0 Å². The van der Waals surface area contributed by atoms with Gasteiger partial charge in [0.15, 0.2) is 11.5 Å². The van der Waals surface area contributed by atoms with Crippen LogP contribution in [0.25, 0.3) is 0 Å². The molecule has 3 rings (SSSR count). The number of carbonyl (C=O) groups excluding carboxylic acids is 2. The maximum Gasteiger partial charge on any atom is 0.264 e. The molecule has 0 saturated heterocycles. The number of rotatable bonds is 14. The van der Waals surface area contributed by atoms with E-state index in [0.29, 0.717) is 23.7 Å². The van der Waals surface area contributed by atoms with Crippen LogP contribution in [0.1, 0.15) is 38.3 Å². The molecule has 0 heterocycles. The molecule has 0 unspecified atom stereocenters. The molecule has 3 aromatic carbocycles. The molecule has 3 aromatic rings. The second kappa shape index (κ2) is 14.8. The van der Waals surface area contributed by atoms with Gasteiger partial charge in [-0.25, -0.2) is 8.42 Å². The Hall–Kier alpha value is -4.25. The molecule has 43 heavy (non-hydrogen) atoms. The molecule has 0 bridgehead atoms. The highest BCUT2D eigenvalue weighted by Crippen LogP contribution is 2.34. The summed E-state index contributed by atoms with van der Waals surface area (Å²) in [6.07, 6.45) is 0.712. The summed E-state index contributed by atoms with van der Waals surface area (Å²) >= 11 is 0. The minimum atomic E-state index is -4.23. The van der Waals surface area contributed by atoms with Gasteiger partial charge in [0.1, 0.15) is 18.3 Å². The second-order valence-electron chi connectivity index (χ2n) is 10.2. The van der Waals surface area contributed by atoms with Crippen LogP contribution in [0.5, 0.6) is 17.2 Å². The van der Waals surface area contributed by atoms with Crippen LogP contribution < -0.4 is 23.8 Å². The van der Waals surface area contributed by atoms with Crippen LogP contribution in [-0.2, 0) is 26.2 Å². The van der Waals surface area contributed by atoms with Gasteiger partial charge >= 0.3 is 0 Å². The number of amides is 2. The van der Waals surface area contributed by atoms with Crippen LogP contribution in [0.4, 0.5) is 5.69 Å². The van der Waals surface area contributed by atoms with Crippen molar-refractivity contribution in [2.24, 2.45) is 0 Å². The van der Waals surface area contributed by atoms with Gasteiger partial charge in [0.05, 0.1) is 31.9 Å². The Bertz CT molecular complexity index is 1510. The summed E-state index contributed by atoms with van der Waals surface area (Å²) in [5.74, 6) is 0.381. The van der Waals surface area contributed by atoms with E-state index in [1.54, 1.807) is 56.5 Å². The Morgan fingerprint density at radius 1 is 0.884 bits per heavy atom. The number of carbonyl (C=O) groups is 2. The fraction of sp³-hybridized carbons (Fsp3) is 0.375. The first-order chi connectivity index (χ1) is 20.4. The third kappa shape index (κ3) is 8.19.